The van der Waals surface area contributed by atoms with Crippen LogP contribution in [0.15, 0.2) is 72.9 Å². The van der Waals surface area contributed by atoms with Crippen molar-refractivity contribution in [2.24, 2.45) is 5.92 Å². The highest BCUT2D eigenvalue weighted by atomic mass is 16.1. The molecule has 2 N–H and O–H groups in total. The van der Waals surface area contributed by atoms with Crippen LogP contribution in [0.25, 0.3) is 17.3 Å². The average molecular weight is 386 g/mol. The Labute approximate surface area is 171 Å². The Morgan fingerprint density at radius 3 is 2.69 bits per heavy atom. The molecule has 1 aliphatic rings. The molecule has 1 aromatic heterocycles. The zero-order chi connectivity index (χ0) is 19.9. The van der Waals surface area contributed by atoms with Gasteiger partial charge in [-0.2, -0.15) is 5.10 Å². The Hall–Kier alpha value is -3.18. The largest absolute Gasteiger partial charge is 0.326 e. The summed E-state index contributed by atoms with van der Waals surface area (Å²) < 4.78 is 0. The third-order valence-corrected chi connectivity index (χ3v) is 5.37. The number of likely N-dealkylation sites (tertiary alicyclic amines) is 1. The average Bonchev–Trinajstić information content (AvgIpc) is 3.30. The minimum absolute atomic E-state index is 0.0696. The van der Waals surface area contributed by atoms with Crippen LogP contribution in [0.4, 0.5) is 5.69 Å². The highest BCUT2D eigenvalue weighted by molar-refractivity contribution is 5.93. The lowest BCUT2D eigenvalue weighted by Gasteiger charge is -2.30. The lowest BCUT2D eigenvalue weighted by molar-refractivity contribution is -0.121. The van der Waals surface area contributed by atoms with Gasteiger partial charge in [0.2, 0.25) is 5.91 Å². The van der Waals surface area contributed by atoms with Crippen LogP contribution in [-0.4, -0.2) is 40.6 Å². The maximum Gasteiger partial charge on any atom is 0.227 e. The summed E-state index contributed by atoms with van der Waals surface area (Å²) in [5.41, 5.74) is 4.01. The van der Waals surface area contributed by atoms with Gasteiger partial charge in [-0.1, -0.05) is 54.6 Å². The normalized spacial score (nSPS) is 15.6. The van der Waals surface area contributed by atoms with E-state index in [1.54, 1.807) is 6.20 Å². The zero-order valence-corrected chi connectivity index (χ0v) is 16.4. The van der Waals surface area contributed by atoms with Crippen LogP contribution in [0.5, 0.6) is 0 Å². The van der Waals surface area contributed by atoms with E-state index in [0.29, 0.717) is 0 Å². The topological polar surface area (TPSA) is 61.0 Å². The van der Waals surface area contributed by atoms with Crippen molar-refractivity contribution in [2.45, 2.75) is 12.8 Å². The number of rotatable bonds is 6. The van der Waals surface area contributed by atoms with Crippen molar-refractivity contribution in [3.05, 3.63) is 78.5 Å². The summed E-state index contributed by atoms with van der Waals surface area (Å²) in [6, 6.07) is 20.1. The second kappa shape index (κ2) is 9.34. The van der Waals surface area contributed by atoms with Gasteiger partial charge in [0.05, 0.1) is 5.69 Å². The fourth-order valence-electron chi connectivity index (χ4n) is 3.71. The van der Waals surface area contributed by atoms with E-state index in [9.17, 15) is 4.79 Å². The summed E-state index contributed by atoms with van der Waals surface area (Å²) in [6.45, 7) is 2.83. The predicted octanol–water partition coefficient (Wildman–Crippen LogP) is 4.44. The highest BCUT2D eigenvalue weighted by Gasteiger charge is 2.24. The number of nitrogens with zero attached hydrogens (tertiary/aromatic N) is 2. The molecule has 1 saturated heterocycles. The standard InChI is InChI=1S/C24H26N4O/c29-24(26-22-10-4-9-21(18-22)23-11-14-25-27-23)20-12-16-28(17-13-20)15-5-8-19-6-2-1-3-7-19/h1-11,14,18,20H,12-13,15-17H2,(H,25,27)(H,26,29). The first-order valence-electron chi connectivity index (χ1n) is 10.1. The van der Waals surface area contributed by atoms with Gasteiger partial charge in [-0.25, -0.2) is 0 Å². The van der Waals surface area contributed by atoms with Crippen molar-refractivity contribution < 1.29 is 4.79 Å². The lowest BCUT2D eigenvalue weighted by Crippen LogP contribution is -2.38. The van der Waals surface area contributed by atoms with Crippen LogP contribution in [0.1, 0.15) is 18.4 Å². The quantitative estimate of drug-likeness (QED) is 0.658. The summed E-state index contributed by atoms with van der Waals surface area (Å²) in [6.07, 6.45) is 7.88. The first-order valence-corrected chi connectivity index (χ1v) is 10.1. The number of amides is 1. The molecule has 5 heteroatoms. The van der Waals surface area contributed by atoms with Crippen molar-refractivity contribution in [2.75, 3.05) is 25.0 Å². The zero-order valence-electron chi connectivity index (χ0n) is 16.4. The molecule has 3 aromatic rings. The Morgan fingerprint density at radius 2 is 1.93 bits per heavy atom. The molecule has 1 amide bonds. The van der Waals surface area contributed by atoms with Gasteiger partial charge in [0.1, 0.15) is 0 Å². The van der Waals surface area contributed by atoms with Gasteiger partial charge >= 0.3 is 0 Å². The maximum absolute atomic E-state index is 12.7. The number of aromatic nitrogens is 2. The third kappa shape index (κ3) is 5.21. The molecular weight excluding hydrogens is 360 g/mol. The molecule has 0 aliphatic carbocycles. The van der Waals surface area contributed by atoms with Gasteiger partial charge in [-0.15, -0.1) is 0 Å². The minimum Gasteiger partial charge on any atom is -0.326 e. The van der Waals surface area contributed by atoms with E-state index < -0.39 is 0 Å². The molecule has 4 rings (SSSR count). The smallest absolute Gasteiger partial charge is 0.227 e. The predicted molar refractivity (Wildman–Crippen MR) is 117 cm³/mol. The Morgan fingerprint density at radius 1 is 1.10 bits per heavy atom. The van der Waals surface area contributed by atoms with E-state index in [1.807, 2.05) is 36.4 Å². The van der Waals surface area contributed by atoms with E-state index in [4.69, 9.17) is 0 Å². The number of hydrogen-bond acceptors (Lipinski definition) is 3. The van der Waals surface area contributed by atoms with Crippen LogP contribution < -0.4 is 5.32 Å². The fourth-order valence-corrected chi connectivity index (χ4v) is 3.71. The number of aromatic amines is 1. The van der Waals surface area contributed by atoms with E-state index >= 15 is 0 Å². The SMILES string of the molecule is O=C(Nc1cccc(-c2ccn[nH]2)c1)C1CCN(CC=Cc2ccccc2)CC1. The molecule has 0 spiro atoms. The first-order chi connectivity index (χ1) is 14.3. The molecule has 148 valence electrons. The number of H-pyrrole nitrogens is 1. The molecule has 0 unspecified atom stereocenters. The Balaban J connectivity index is 1.26. The molecule has 1 aliphatic heterocycles. The Kier molecular flexibility index (Phi) is 6.17. The van der Waals surface area contributed by atoms with Crippen LogP contribution in [0.2, 0.25) is 0 Å². The number of carbonyl (C=O) groups excluding carboxylic acids is 1. The number of anilines is 1. The number of benzene rings is 2. The third-order valence-electron chi connectivity index (χ3n) is 5.37. The van der Waals surface area contributed by atoms with Gasteiger partial charge in [0.15, 0.2) is 0 Å². The summed E-state index contributed by atoms with van der Waals surface area (Å²) in [4.78, 5) is 15.1. The molecule has 29 heavy (non-hydrogen) atoms. The van der Waals surface area contributed by atoms with Gasteiger partial charge in [0.25, 0.3) is 0 Å². The highest BCUT2D eigenvalue weighted by Crippen LogP contribution is 2.23. The summed E-state index contributed by atoms with van der Waals surface area (Å²) in [5, 5.41) is 10.0. The van der Waals surface area contributed by atoms with E-state index in [1.165, 1.54) is 5.56 Å². The van der Waals surface area contributed by atoms with Gasteiger partial charge in [-0.05, 0) is 49.7 Å². The Bertz CT molecular complexity index is 942. The second-order valence-corrected chi connectivity index (χ2v) is 7.43. The van der Waals surface area contributed by atoms with Crippen molar-refractivity contribution in [1.82, 2.24) is 15.1 Å². The second-order valence-electron chi connectivity index (χ2n) is 7.43. The lowest BCUT2D eigenvalue weighted by atomic mass is 9.95. The monoisotopic (exact) mass is 386 g/mol. The van der Waals surface area contributed by atoms with Crippen LogP contribution in [0.3, 0.4) is 0 Å². The number of hydrogen-bond donors (Lipinski definition) is 2. The van der Waals surface area contributed by atoms with Crippen molar-refractivity contribution in [1.29, 1.82) is 0 Å². The van der Waals surface area contributed by atoms with E-state index in [2.05, 4.69) is 56.8 Å². The molecule has 0 bridgehead atoms. The van der Waals surface area contributed by atoms with Crippen molar-refractivity contribution in [3.63, 3.8) is 0 Å². The summed E-state index contributed by atoms with van der Waals surface area (Å²) in [5.74, 6) is 0.186. The van der Waals surface area contributed by atoms with Gasteiger partial charge in [-0.3, -0.25) is 14.8 Å². The van der Waals surface area contributed by atoms with Crippen LogP contribution in [-0.2, 0) is 4.79 Å². The van der Waals surface area contributed by atoms with Gasteiger partial charge in [0, 0.05) is 29.9 Å². The summed E-state index contributed by atoms with van der Waals surface area (Å²) >= 11 is 0. The fraction of sp³-hybridized carbons (Fsp3) is 0.250. The van der Waals surface area contributed by atoms with Crippen molar-refractivity contribution in [3.8, 4) is 11.3 Å². The minimum atomic E-state index is 0.0696. The van der Waals surface area contributed by atoms with E-state index in [-0.39, 0.29) is 11.8 Å². The first kappa shape index (κ1) is 19.2. The van der Waals surface area contributed by atoms with Gasteiger partial charge < -0.3 is 5.32 Å². The molecule has 0 atom stereocenters. The molecule has 2 aromatic carbocycles. The molecule has 2 heterocycles. The molecule has 0 saturated carbocycles. The van der Waals surface area contributed by atoms with Crippen LogP contribution in [0, 0.1) is 5.92 Å². The maximum atomic E-state index is 12.7. The molecule has 1 fully saturated rings. The van der Waals surface area contributed by atoms with Crippen molar-refractivity contribution >= 4 is 17.7 Å². The number of piperidine rings is 1. The summed E-state index contributed by atoms with van der Waals surface area (Å²) in [7, 11) is 0. The van der Waals surface area contributed by atoms with E-state index in [0.717, 1.165) is 49.4 Å². The van der Waals surface area contributed by atoms with Crippen LogP contribution >= 0.6 is 0 Å². The number of carbonyl (C=O) groups is 1. The molecule has 5 nitrogen and oxygen atoms in total. The molecular formula is C24H26N4O. The molecule has 0 radical (unpaired) electrons. The number of nitrogens with one attached hydrogen (secondary N) is 2.